The molecule has 16 heavy (non-hydrogen) atoms. The average Bonchev–Trinajstić information content (AvgIpc) is 2.61. The van der Waals surface area contributed by atoms with Gasteiger partial charge in [0.05, 0.1) is 6.61 Å². The van der Waals surface area contributed by atoms with E-state index >= 15 is 0 Å². The molecule has 0 aromatic rings. The molecule has 0 spiro atoms. The molecule has 0 radical (unpaired) electrons. The van der Waals surface area contributed by atoms with E-state index < -0.39 is 0 Å². The van der Waals surface area contributed by atoms with Crippen LogP contribution in [0.3, 0.4) is 0 Å². The van der Waals surface area contributed by atoms with Crippen LogP contribution in [-0.4, -0.2) is 61.8 Å². The Kier molecular flexibility index (Phi) is 5.22. The highest BCUT2D eigenvalue weighted by Gasteiger charge is 2.25. The highest BCUT2D eigenvalue weighted by molar-refractivity contribution is 4.81. The van der Waals surface area contributed by atoms with E-state index in [4.69, 9.17) is 4.74 Å². The van der Waals surface area contributed by atoms with Gasteiger partial charge in [0, 0.05) is 31.8 Å². The Balaban J connectivity index is 2.31. The smallest absolute Gasteiger partial charge is 0.0618 e. The van der Waals surface area contributed by atoms with E-state index in [0.717, 1.165) is 13.2 Å². The predicted octanol–water partition coefficient (Wildman–Crippen LogP) is 1.83. The Morgan fingerprint density at radius 3 is 2.62 bits per heavy atom. The number of likely N-dealkylation sites (tertiary alicyclic amines) is 1. The topological polar surface area (TPSA) is 15.7 Å². The summed E-state index contributed by atoms with van der Waals surface area (Å²) in [5.41, 5.74) is 0.274. The lowest BCUT2D eigenvalue weighted by Crippen LogP contribution is -2.44. The molecule has 1 atom stereocenters. The Morgan fingerprint density at radius 1 is 1.38 bits per heavy atom. The zero-order chi connectivity index (χ0) is 12.2. The minimum Gasteiger partial charge on any atom is -0.383 e. The van der Waals surface area contributed by atoms with Crippen molar-refractivity contribution in [3.8, 4) is 0 Å². The second-order valence-electron chi connectivity index (χ2n) is 5.88. The summed E-state index contributed by atoms with van der Waals surface area (Å²) in [6.07, 6.45) is 2.63. The van der Waals surface area contributed by atoms with Gasteiger partial charge in [-0.15, -0.1) is 0 Å². The summed E-state index contributed by atoms with van der Waals surface area (Å²) < 4.78 is 5.27. The van der Waals surface area contributed by atoms with Crippen LogP contribution in [0.15, 0.2) is 0 Å². The van der Waals surface area contributed by atoms with Crippen molar-refractivity contribution in [1.29, 1.82) is 0 Å². The van der Waals surface area contributed by atoms with Crippen molar-refractivity contribution in [3.63, 3.8) is 0 Å². The number of nitrogens with zero attached hydrogens (tertiary/aromatic N) is 2. The molecule has 1 fully saturated rings. The van der Waals surface area contributed by atoms with Gasteiger partial charge in [0.15, 0.2) is 0 Å². The van der Waals surface area contributed by atoms with Crippen LogP contribution < -0.4 is 0 Å². The number of methoxy groups -OCH3 is 1. The number of rotatable bonds is 5. The Bertz CT molecular complexity index is 201. The fourth-order valence-corrected chi connectivity index (χ4v) is 2.18. The molecule has 3 heteroatoms. The minimum absolute atomic E-state index is 0.274. The molecule has 1 saturated heterocycles. The van der Waals surface area contributed by atoms with E-state index in [0.29, 0.717) is 6.04 Å². The number of likely N-dealkylation sites (N-methyl/N-ethyl adjacent to an activating group) is 1. The molecule has 1 heterocycles. The summed E-state index contributed by atoms with van der Waals surface area (Å²) in [5.74, 6) is 0. The van der Waals surface area contributed by atoms with E-state index in [9.17, 15) is 0 Å². The summed E-state index contributed by atoms with van der Waals surface area (Å²) in [4.78, 5) is 5.00. The van der Waals surface area contributed by atoms with Crippen LogP contribution in [0.25, 0.3) is 0 Å². The molecular weight excluding hydrogens is 200 g/mol. The first-order valence-electron chi connectivity index (χ1n) is 6.39. The molecule has 0 saturated carbocycles. The molecule has 0 aromatic heterocycles. The van der Waals surface area contributed by atoms with Crippen molar-refractivity contribution in [2.45, 2.75) is 45.2 Å². The first-order valence-corrected chi connectivity index (χ1v) is 6.39. The molecule has 0 amide bonds. The van der Waals surface area contributed by atoms with Gasteiger partial charge in [-0.2, -0.15) is 0 Å². The van der Waals surface area contributed by atoms with Crippen molar-refractivity contribution in [2.75, 3.05) is 40.4 Å². The van der Waals surface area contributed by atoms with Crippen LogP contribution >= 0.6 is 0 Å². The lowest BCUT2D eigenvalue weighted by molar-refractivity contribution is 0.0957. The molecule has 1 aliphatic heterocycles. The van der Waals surface area contributed by atoms with Crippen LogP contribution in [0.2, 0.25) is 0 Å². The second kappa shape index (κ2) is 5.99. The van der Waals surface area contributed by atoms with Gasteiger partial charge < -0.3 is 9.64 Å². The van der Waals surface area contributed by atoms with Crippen LogP contribution in [0, 0.1) is 0 Å². The lowest BCUT2D eigenvalue weighted by Gasteiger charge is -2.34. The van der Waals surface area contributed by atoms with Crippen LogP contribution in [0.4, 0.5) is 0 Å². The van der Waals surface area contributed by atoms with Gasteiger partial charge in [0.25, 0.3) is 0 Å². The van der Waals surface area contributed by atoms with Crippen LogP contribution in [0.1, 0.15) is 33.6 Å². The largest absolute Gasteiger partial charge is 0.383 e. The monoisotopic (exact) mass is 228 g/mol. The molecule has 1 aliphatic rings. The number of ether oxygens (including phenoxy) is 1. The van der Waals surface area contributed by atoms with Crippen molar-refractivity contribution >= 4 is 0 Å². The third kappa shape index (κ3) is 4.04. The van der Waals surface area contributed by atoms with Gasteiger partial charge in [-0.25, -0.2) is 0 Å². The molecule has 0 N–H and O–H groups in total. The van der Waals surface area contributed by atoms with E-state index in [1.807, 2.05) is 0 Å². The van der Waals surface area contributed by atoms with E-state index in [2.05, 4.69) is 37.6 Å². The molecule has 1 rings (SSSR count). The van der Waals surface area contributed by atoms with Crippen LogP contribution in [0.5, 0.6) is 0 Å². The quantitative estimate of drug-likeness (QED) is 0.714. The highest BCUT2D eigenvalue weighted by Crippen LogP contribution is 2.18. The fourth-order valence-electron chi connectivity index (χ4n) is 2.18. The number of hydrogen-bond donors (Lipinski definition) is 0. The highest BCUT2D eigenvalue weighted by atomic mass is 16.5. The maximum Gasteiger partial charge on any atom is 0.0618 e. The van der Waals surface area contributed by atoms with Crippen molar-refractivity contribution < 1.29 is 4.74 Å². The molecular formula is C13H28N2O. The van der Waals surface area contributed by atoms with Gasteiger partial charge in [-0.3, -0.25) is 4.90 Å². The molecule has 0 aromatic carbocycles. The Morgan fingerprint density at radius 2 is 2.06 bits per heavy atom. The van der Waals surface area contributed by atoms with Gasteiger partial charge >= 0.3 is 0 Å². The lowest BCUT2D eigenvalue weighted by atomic mass is 10.1. The predicted molar refractivity (Wildman–Crippen MR) is 68.9 cm³/mol. The van der Waals surface area contributed by atoms with E-state index in [1.54, 1.807) is 7.11 Å². The van der Waals surface area contributed by atoms with E-state index in [-0.39, 0.29) is 5.54 Å². The van der Waals surface area contributed by atoms with Gasteiger partial charge in [0.2, 0.25) is 0 Å². The van der Waals surface area contributed by atoms with Gasteiger partial charge in [-0.1, -0.05) is 0 Å². The maximum absolute atomic E-state index is 5.27. The molecule has 0 bridgehead atoms. The first kappa shape index (κ1) is 13.9. The van der Waals surface area contributed by atoms with Crippen molar-refractivity contribution in [1.82, 2.24) is 9.80 Å². The SMILES string of the molecule is COC[C@H]1CCCN1CCN(C)C(C)(C)C. The summed E-state index contributed by atoms with van der Waals surface area (Å²) in [7, 11) is 4.01. The summed E-state index contributed by atoms with van der Waals surface area (Å²) in [6.45, 7) is 11.2. The summed E-state index contributed by atoms with van der Waals surface area (Å²) >= 11 is 0. The Labute approximate surface area is 101 Å². The van der Waals surface area contributed by atoms with Crippen molar-refractivity contribution in [3.05, 3.63) is 0 Å². The molecule has 3 nitrogen and oxygen atoms in total. The fraction of sp³-hybridized carbons (Fsp3) is 1.00. The standard InChI is InChI=1S/C13H28N2O/c1-13(2,3)14(4)9-10-15-8-6-7-12(15)11-16-5/h12H,6-11H2,1-5H3/t12-/m1/s1. The van der Waals surface area contributed by atoms with E-state index in [1.165, 1.54) is 25.9 Å². The zero-order valence-corrected chi connectivity index (χ0v) is 11.6. The Hall–Kier alpha value is -0.120. The number of hydrogen-bond acceptors (Lipinski definition) is 3. The minimum atomic E-state index is 0.274. The third-order valence-corrected chi connectivity index (χ3v) is 3.73. The molecule has 0 unspecified atom stereocenters. The second-order valence-corrected chi connectivity index (χ2v) is 5.88. The normalized spacial score (nSPS) is 23.2. The summed E-state index contributed by atoms with van der Waals surface area (Å²) in [5, 5.41) is 0. The maximum atomic E-state index is 5.27. The molecule has 0 aliphatic carbocycles. The average molecular weight is 228 g/mol. The van der Waals surface area contributed by atoms with Crippen molar-refractivity contribution in [2.24, 2.45) is 0 Å². The first-order chi connectivity index (χ1) is 7.45. The van der Waals surface area contributed by atoms with Gasteiger partial charge in [-0.05, 0) is 47.2 Å². The summed E-state index contributed by atoms with van der Waals surface area (Å²) in [6, 6.07) is 0.651. The van der Waals surface area contributed by atoms with Gasteiger partial charge in [0.1, 0.15) is 0 Å². The zero-order valence-electron chi connectivity index (χ0n) is 11.6. The molecule has 96 valence electrons. The third-order valence-electron chi connectivity index (χ3n) is 3.73. The van der Waals surface area contributed by atoms with Crippen LogP contribution in [-0.2, 0) is 4.74 Å².